The minimum Gasteiger partial charge on any atom is -0.483 e. The van der Waals surface area contributed by atoms with Crippen molar-refractivity contribution in [3.8, 4) is 5.75 Å². The molecule has 2 N–H and O–H groups in total. The van der Waals surface area contributed by atoms with E-state index in [2.05, 4.69) is 15.4 Å². The lowest BCUT2D eigenvalue weighted by Gasteiger charge is -2.11. The van der Waals surface area contributed by atoms with Crippen LogP contribution < -0.4 is 15.4 Å². The molecule has 0 heterocycles. The van der Waals surface area contributed by atoms with Crippen LogP contribution in [-0.4, -0.2) is 45.7 Å². The van der Waals surface area contributed by atoms with Gasteiger partial charge in [0.05, 0.1) is 7.11 Å². The Bertz CT molecular complexity index is 561. The molecular weight excluding hydrogens is 260 g/mol. The number of nitrogens with one attached hydrogen (secondary N) is 2. The molecule has 0 unspecified atom stereocenters. The molecule has 0 fully saturated rings. The molecule has 1 aromatic carbocycles. The minimum atomic E-state index is -2.36. The summed E-state index contributed by atoms with van der Waals surface area (Å²) in [7, 11) is 2.94. The highest BCUT2D eigenvalue weighted by atomic mass is 16.5. The lowest BCUT2D eigenvalue weighted by Crippen LogP contribution is -2.34. The van der Waals surface area contributed by atoms with Crippen molar-refractivity contribution in [1.29, 1.82) is 0 Å². The Morgan fingerprint density at radius 1 is 1.35 bits per heavy atom. The number of hydrogen-bond acceptors (Lipinski definition) is 5. The third-order valence-electron chi connectivity index (χ3n) is 2.44. The van der Waals surface area contributed by atoms with E-state index in [1.807, 2.05) is 0 Å². The zero-order valence-electron chi connectivity index (χ0n) is 14.5. The van der Waals surface area contributed by atoms with Gasteiger partial charge in [0.25, 0.3) is 5.91 Å². The van der Waals surface area contributed by atoms with Gasteiger partial charge < -0.3 is 20.1 Å². The molecule has 0 spiro atoms. The zero-order valence-corrected chi connectivity index (χ0v) is 11.5. The molecule has 6 nitrogen and oxygen atoms in total. The molecule has 0 aliphatic heterocycles. The third-order valence-corrected chi connectivity index (χ3v) is 2.44. The van der Waals surface area contributed by atoms with Crippen LogP contribution in [-0.2, 0) is 9.53 Å². The summed E-state index contributed by atoms with van der Waals surface area (Å²) < 4.78 is 32.0. The van der Waals surface area contributed by atoms with Gasteiger partial charge >= 0.3 is 5.97 Å². The van der Waals surface area contributed by atoms with Crippen LogP contribution in [0.15, 0.2) is 18.2 Å². The number of carbonyl (C=O) groups is 2. The van der Waals surface area contributed by atoms with E-state index in [0.29, 0.717) is 13.1 Å². The van der Waals surface area contributed by atoms with Gasteiger partial charge in [0.2, 0.25) is 0 Å². The molecule has 20 heavy (non-hydrogen) atoms. The molecule has 0 aromatic heterocycles. The van der Waals surface area contributed by atoms with Gasteiger partial charge in [-0.05, 0) is 26.0 Å². The van der Waals surface area contributed by atoms with E-state index in [-0.39, 0.29) is 29.4 Å². The van der Waals surface area contributed by atoms with E-state index >= 15 is 0 Å². The third kappa shape index (κ3) is 4.89. The van der Waals surface area contributed by atoms with Gasteiger partial charge in [-0.25, -0.2) is 4.79 Å². The highest BCUT2D eigenvalue weighted by molar-refractivity contribution is 5.92. The number of ether oxygens (including phenoxy) is 2. The normalized spacial score (nSPS) is 12.8. The molecule has 1 amide bonds. The minimum absolute atomic E-state index is 0.0104. The fraction of sp³-hybridized carbons (Fsp3) is 0.429. The largest absolute Gasteiger partial charge is 0.483 e. The van der Waals surface area contributed by atoms with Crippen molar-refractivity contribution < 1.29 is 23.2 Å². The monoisotopic (exact) mass is 283 g/mol. The second kappa shape index (κ2) is 8.16. The topological polar surface area (TPSA) is 76.7 Å². The molecule has 0 aliphatic rings. The van der Waals surface area contributed by atoms with Gasteiger partial charge in [-0.15, -0.1) is 0 Å². The first-order valence-electron chi connectivity index (χ1n) is 7.56. The Morgan fingerprint density at radius 3 is 2.80 bits per heavy atom. The summed E-state index contributed by atoms with van der Waals surface area (Å²) in [6, 6.07) is 3.86. The number of benzene rings is 1. The van der Waals surface area contributed by atoms with Crippen LogP contribution in [0, 0.1) is 6.85 Å². The molecule has 0 bridgehead atoms. The maximum atomic E-state index is 11.8. The summed E-state index contributed by atoms with van der Waals surface area (Å²) in [5, 5.41) is 5.50. The SMILES string of the molecule is [2H]C([2H])([2H])c1ccc(OCC(=O)NCCNC)c(C(=O)OC)c1. The Morgan fingerprint density at radius 2 is 2.15 bits per heavy atom. The highest BCUT2D eigenvalue weighted by Crippen LogP contribution is 2.20. The second-order valence-electron chi connectivity index (χ2n) is 3.94. The van der Waals surface area contributed by atoms with Crippen molar-refractivity contribution in [2.24, 2.45) is 0 Å². The van der Waals surface area contributed by atoms with Crippen molar-refractivity contribution in [3.05, 3.63) is 29.3 Å². The van der Waals surface area contributed by atoms with E-state index in [1.54, 1.807) is 7.05 Å². The molecule has 0 radical (unpaired) electrons. The zero-order chi connectivity index (χ0) is 17.5. The molecule has 0 saturated heterocycles. The smallest absolute Gasteiger partial charge is 0.341 e. The average Bonchev–Trinajstić information content (AvgIpc) is 2.51. The van der Waals surface area contributed by atoms with Gasteiger partial charge in [-0.2, -0.15) is 0 Å². The lowest BCUT2D eigenvalue weighted by atomic mass is 10.1. The molecule has 1 rings (SSSR count). The maximum absolute atomic E-state index is 11.8. The number of methoxy groups -OCH3 is 1. The van der Waals surface area contributed by atoms with Gasteiger partial charge in [0, 0.05) is 17.2 Å². The first-order chi connectivity index (χ1) is 10.8. The van der Waals surface area contributed by atoms with Gasteiger partial charge in [-0.3, -0.25) is 4.79 Å². The van der Waals surface area contributed by atoms with Crippen molar-refractivity contribution in [2.75, 3.05) is 33.9 Å². The molecule has 6 heteroatoms. The Labute approximate surface area is 122 Å². The second-order valence-corrected chi connectivity index (χ2v) is 3.94. The quantitative estimate of drug-likeness (QED) is 0.563. The van der Waals surface area contributed by atoms with Crippen LogP contribution in [0.1, 0.15) is 20.0 Å². The predicted molar refractivity (Wildman–Crippen MR) is 74.9 cm³/mol. The standard InChI is InChI=1S/C14H20N2O4/c1-10-4-5-12(11(8-10)14(18)19-3)20-9-13(17)16-7-6-15-2/h4-5,8,15H,6-7,9H2,1-3H3,(H,16,17)/i1D3. The molecule has 0 aliphatic carbocycles. The first kappa shape index (κ1) is 11.7. The summed E-state index contributed by atoms with van der Waals surface area (Å²) in [5.41, 5.74) is -0.0483. The van der Waals surface area contributed by atoms with Crippen LogP contribution in [0.5, 0.6) is 5.75 Å². The predicted octanol–water partition coefficient (Wildman–Crippen LogP) is 0.496. The number of esters is 1. The van der Waals surface area contributed by atoms with Crippen LogP contribution in [0.2, 0.25) is 0 Å². The first-order valence-corrected chi connectivity index (χ1v) is 6.06. The average molecular weight is 283 g/mol. The Hall–Kier alpha value is -2.08. The van der Waals surface area contributed by atoms with Gasteiger partial charge in [0.1, 0.15) is 11.3 Å². The number of rotatable bonds is 7. The van der Waals surface area contributed by atoms with Crippen molar-refractivity contribution in [2.45, 2.75) is 6.85 Å². The van der Waals surface area contributed by atoms with E-state index in [9.17, 15) is 9.59 Å². The van der Waals surface area contributed by atoms with E-state index in [0.717, 1.165) is 0 Å². The molecule has 1 aromatic rings. The molecular formula is C14H20N2O4. The van der Waals surface area contributed by atoms with E-state index in [4.69, 9.17) is 8.85 Å². The number of hydrogen-bond donors (Lipinski definition) is 2. The summed E-state index contributed by atoms with van der Waals surface area (Å²) >= 11 is 0. The summed E-state index contributed by atoms with van der Waals surface area (Å²) in [5.74, 6) is -0.994. The molecule has 0 saturated carbocycles. The van der Waals surface area contributed by atoms with Gasteiger partial charge in [-0.1, -0.05) is 11.6 Å². The Kier molecular flexibility index (Phi) is 4.78. The van der Waals surface area contributed by atoms with Crippen molar-refractivity contribution in [1.82, 2.24) is 10.6 Å². The van der Waals surface area contributed by atoms with Crippen LogP contribution in [0.25, 0.3) is 0 Å². The number of aryl methyl sites for hydroxylation is 1. The van der Waals surface area contributed by atoms with Crippen LogP contribution in [0.3, 0.4) is 0 Å². The summed E-state index contributed by atoms with van der Waals surface area (Å²) in [6.45, 7) is -1.58. The number of likely N-dealkylation sites (N-methyl/N-ethyl adjacent to an activating group) is 1. The Balaban J connectivity index is 2.85. The fourth-order valence-corrected chi connectivity index (χ4v) is 1.45. The summed E-state index contributed by atoms with van der Waals surface area (Å²) in [6.07, 6.45) is 0. The van der Waals surface area contributed by atoms with E-state index < -0.39 is 12.8 Å². The van der Waals surface area contributed by atoms with E-state index in [1.165, 1.54) is 25.3 Å². The maximum Gasteiger partial charge on any atom is 0.341 e. The van der Waals surface area contributed by atoms with Crippen LogP contribution >= 0.6 is 0 Å². The highest BCUT2D eigenvalue weighted by Gasteiger charge is 2.14. The summed E-state index contributed by atoms with van der Waals surface area (Å²) in [4.78, 5) is 23.4. The van der Waals surface area contributed by atoms with Gasteiger partial charge in [0.15, 0.2) is 6.61 Å². The lowest BCUT2D eigenvalue weighted by molar-refractivity contribution is -0.123. The fourth-order valence-electron chi connectivity index (χ4n) is 1.45. The molecule has 110 valence electrons. The number of amides is 1. The van der Waals surface area contributed by atoms with Crippen molar-refractivity contribution in [3.63, 3.8) is 0 Å². The van der Waals surface area contributed by atoms with Crippen LogP contribution in [0.4, 0.5) is 0 Å². The molecule has 0 atom stereocenters. The number of carbonyl (C=O) groups excluding carboxylic acids is 2. The van der Waals surface area contributed by atoms with Crippen molar-refractivity contribution >= 4 is 11.9 Å².